The first-order valence-electron chi connectivity index (χ1n) is 6.57. The second-order valence-electron chi connectivity index (χ2n) is 5.32. The van der Waals surface area contributed by atoms with E-state index >= 15 is 0 Å². The maximum absolute atomic E-state index is 11.4. The molecule has 2 N–H and O–H groups in total. The van der Waals surface area contributed by atoms with Crippen molar-refractivity contribution >= 4 is 9.84 Å². The minimum absolute atomic E-state index is 0.00501. The molecule has 1 saturated heterocycles. The summed E-state index contributed by atoms with van der Waals surface area (Å²) in [5.74, 6) is 1.68. The molecule has 0 saturated carbocycles. The van der Waals surface area contributed by atoms with E-state index in [4.69, 9.17) is 10.5 Å². The van der Waals surface area contributed by atoms with E-state index in [0.717, 1.165) is 30.6 Å². The van der Waals surface area contributed by atoms with Crippen LogP contribution in [-0.4, -0.2) is 33.1 Å². The fraction of sp³-hybridized carbons (Fsp3) is 0.571. The monoisotopic (exact) mass is 283 g/mol. The van der Waals surface area contributed by atoms with Gasteiger partial charge in [-0.3, -0.25) is 0 Å². The van der Waals surface area contributed by atoms with Crippen molar-refractivity contribution in [3.05, 3.63) is 29.8 Å². The van der Waals surface area contributed by atoms with Crippen LogP contribution in [0.3, 0.4) is 0 Å². The van der Waals surface area contributed by atoms with Gasteiger partial charge in [0.15, 0.2) is 9.84 Å². The van der Waals surface area contributed by atoms with Crippen LogP contribution in [0.15, 0.2) is 24.3 Å². The van der Waals surface area contributed by atoms with Gasteiger partial charge in [-0.1, -0.05) is 12.1 Å². The Hall–Kier alpha value is -1.07. The van der Waals surface area contributed by atoms with Crippen LogP contribution in [0.5, 0.6) is 5.75 Å². The minimum Gasteiger partial charge on any atom is -0.497 e. The van der Waals surface area contributed by atoms with E-state index in [1.807, 2.05) is 24.3 Å². The Morgan fingerprint density at radius 2 is 2.26 bits per heavy atom. The van der Waals surface area contributed by atoms with Crippen LogP contribution in [0.4, 0.5) is 0 Å². The summed E-state index contributed by atoms with van der Waals surface area (Å²) >= 11 is 0. The molecule has 2 unspecified atom stereocenters. The molecule has 1 aliphatic rings. The summed E-state index contributed by atoms with van der Waals surface area (Å²) in [5, 5.41) is 0. The standard InChI is InChI=1S/C14H21NO3S/c1-18-14-4-2-3-11(9-14)7-13(15)8-12-5-6-19(16,17)10-12/h2-4,9,12-13H,5-8,10,15H2,1H3. The Kier molecular flexibility index (Phi) is 4.47. The fourth-order valence-electron chi connectivity index (χ4n) is 2.67. The topological polar surface area (TPSA) is 69.4 Å². The minimum atomic E-state index is -2.80. The van der Waals surface area contributed by atoms with Crippen LogP contribution in [0, 0.1) is 5.92 Å². The molecule has 106 valence electrons. The van der Waals surface area contributed by atoms with Gasteiger partial charge in [0.1, 0.15) is 5.75 Å². The molecule has 2 atom stereocenters. The summed E-state index contributed by atoms with van der Waals surface area (Å²) in [4.78, 5) is 0. The van der Waals surface area contributed by atoms with E-state index in [0.29, 0.717) is 11.5 Å². The molecule has 19 heavy (non-hydrogen) atoms. The number of benzene rings is 1. The van der Waals surface area contributed by atoms with E-state index in [1.165, 1.54) is 0 Å². The van der Waals surface area contributed by atoms with E-state index in [2.05, 4.69) is 0 Å². The lowest BCUT2D eigenvalue weighted by Gasteiger charge is -2.15. The quantitative estimate of drug-likeness (QED) is 0.886. The number of nitrogens with two attached hydrogens (primary N) is 1. The molecule has 0 amide bonds. The number of hydrogen-bond donors (Lipinski definition) is 1. The van der Waals surface area contributed by atoms with Crippen LogP contribution in [-0.2, 0) is 16.3 Å². The van der Waals surface area contributed by atoms with Gasteiger partial charge in [0.2, 0.25) is 0 Å². The predicted molar refractivity (Wildman–Crippen MR) is 76.1 cm³/mol. The fourth-order valence-corrected chi connectivity index (χ4v) is 4.55. The third kappa shape index (κ3) is 4.21. The molecule has 1 aromatic carbocycles. The van der Waals surface area contributed by atoms with E-state index in [9.17, 15) is 8.42 Å². The molecule has 1 heterocycles. The van der Waals surface area contributed by atoms with Crippen LogP contribution < -0.4 is 10.5 Å². The molecule has 0 radical (unpaired) electrons. The van der Waals surface area contributed by atoms with Gasteiger partial charge in [-0.25, -0.2) is 8.42 Å². The lowest BCUT2D eigenvalue weighted by atomic mass is 9.95. The van der Waals surface area contributed by atoms with E-state index in [-0.39, 0.29) is 12.0 Å². The van der Waals surface area contributed by atoms with Crippen molar-refractivity contribution in [3.8, 4) is 5.75 Å². The molecular formula is C14H21NO3S. The lowest BCUT2D eigenvalue weighted by Crippen LogP contribution is -2.26. The SMILES string of the molecule is COc1cccc(CC(N)CC2CCS(=O)(=O)C2)c1. The summed E-state index contributed by atoms with van der Waals surface area (Å²) < 4.78 is 28.0. The highest BCUT2D eigenvalue weighted by atomic mass is 32.2. The number of sulfone groups is 1. The smallest absolute Gasteiger partial charge is 0.150 e. The van der Waals surface area contributed by atoms with Gasteiger partial charge in [-0.15, -0.1) is 0 Å². The maximum Gasteiger partial charge on any atom is 0.150 e. The maximum atomic E-state index is 11.4. The van der Waals surface area contributed by atoms with Gasteiger partial charge < -0.3 is 10.5 Å². The molecule has 2 rings (SSSR count). The summed E-state index contributed by atoms with van der Waals surface area (Å²) in [6.45, 7) is 0. The zero-order chi connectivity index (χ0) is 13.9. The van der Waals surface area contributed by atoms with Crippen molar-refractivity contribution in [2.24, 2.45) is 11.7 Å². The molecule has 1 aromatic rings. The van der Waals surface area contributed by atoms with Crippen LogP contribution in [0.25, 0.3) is 0 Å². The second-order valence-corrected chi connectivity index (χ2v) is 7.55. The molecule has 0 bridgehead atoms. The molecule has 0 aliphatic carbocycles. The van der Waals surface area contributed by atoms with Crippen LogP contribution in [0.1, 0.15) is 18.4 Å². The number of methoxy groups -OCH3 is 1. The van der Waals surface area contributed by atoms with Crippen LogP contribution in [0.2, 0.25) is 0 Å². The first-order valence-corrected chi connectivity index (χ1v) is 8.39. The zero-order valence-corrected chi connectivity index (χ0v) is 12.0. The van der Waals surface area contributed by atoms with Gasteiger partial charge >= 0.3 is 0 Å². The summed E-state index contributed by atoms with van der Waals surface area (Å²) in [5.41, 5.74) is 7.26. The molecular weight excluding hydrogens is 262 g/mol. The highest BCUT2D eigenvalue weighted by Gasteiger charge is 2.28. The van der Waals surface area contributed by atoms with Crippen molar-refractivity contribution in [2.75, 3.05) is 18.6 Å². The van der Waals surface area contributed by atoms with Gasteiger partial charge in [0.25, 0.3) is 0 Å². The van der Waals surface area contributed by atoms with E-state index < -0.39 is 9.84 Å². The van der Waals surface area contributed by atoms with Crippen molar-refractivity contribution in [1.82, 2.24) is 0 Å². The average molecular weight is 283 g/mol. The summed E-state index contributed by atoms with van der Waals surface area (Å²) in [7, 11) is -1.16. The predicted octanol–water partition coefficient (Wildman–Crippen LogP) is 1.39. The average Bonchev–Trinajstić information content (AvgIpc) is 2.68. The normalized spacial score (nSPS) is 23.2. The Labute approximate surface area is 114 Å². The van der Waals surface area contributed by atoms with E-state index in [1.54, 1.807) is 7.11 Å². The van der Waals surface area contributed by atoms with Crippen molar-refractivity contribution in [2.45, 2.75) is 25.3 Å². The largest absolute Gasteiger partial charge is 0.497 e. The zero-order valence-electron chi connectivity index (χ0n) is 11.2. The summed E-state index contributed by atoms with van der Waals surface area (Å²) in [6, 6.07) is 7.85. The molecule has 0 aromatic heterocycles. The van der Waals surface area contributed by atoms with Crippen molar-refractivity contribution in [1.29, 1.82) is 0 Å². The third-order valence-corrected chi connectivity index (χ3v) is 5.43. The first-order chi connectivity index (χ1) is 8.98. The Morgan fingerprint density at radius 3 is 2.89 bits per heavy atom. The van der Waals surface area contributed by atoms with Gasteiger partial charge in [-0.05, 0) is 42.9 Å². The Bertz CT molecular complexity index is 527. The molecule has 0 spiro atoms. The Balaban J connectivity index is 1.89. The van der Waals surface area contributed by atoms with Gasteiger partial charge in [0.05, 0.1) is 18.6 Å². The molecule has 1 fully saturated rings. The van der Waals surface area contributed by atoms with Gasteiger partial charge in [-0.2, -0.15) is 0 Å². The van der Waals surface area contributed by atoms with Crippen molar-refractivity contribution < 1.29 is 13.2 Å². The van der Waals surface area contributed by atoms with Crippen LogP contribution >= 0.6 is 0 Å². The lowest BCUT2D eigenvalue weighted by molar-refractivity contribution is 0.413. The summed E-state index contributed by atoms with van der Waals surface area (Å²) in [6.07, 6.45) is 2.29. The molecule has 5 heteroatoms. The first kappa shape index (κ1) is 14.3. The molecule has 1 aliphatic heterocycles. The second kappa shape index (κ2) is 5.92. The molecule has 4 nitrogen and oxygen atoms in total. The highest BCUT2D eigenvalue weighted by molar-refractivity contribution is 7.91. The van der Waals surface area contributed by atoms with Crippen molar-refractivity contribution in [3.63, 3.8) is 0 Å². The number of ether oxygens (including phenoxy) is 1. The number of hydrogen-bond acceptors (Lipinski definition) is 4. The van der Waals surface area contributed by atoms with Gasteiger partial charge in [0, 0.05) is 6.04 Å². The Morgan fingerprint density at radius 1 is 1.47 bits per heavy atom. The third-order valence-electron chi connectivity index (χ3n) is 3.59. The number of rotatable bonds is 5. The highest BCUT2D eigenvalue weighted by Crippen LogP contribution is 2.24.